The Kier molecular flexibility index (Phi) is 11.6. The number of aromatic nitrogens is 3. The maximum absolute atomic E-state index is 13.7. The van der Waals surface area contributed by atoms with Crippen molar-refractivity contribution in [3.8, 4) is 11.5 Å². The summed E-state index contributed by atoms with van der Waals surface area (Å²) in [6, 6.07) is 19.4. The molecule has 3 heterocycles. The summed E-state index contributed by atoms with van der Waals surface area (Å²) in [6.07, 6.45) is 8.48. The third kappa shape index (κ3) is 9.47. The Labute approximate surface area is 313 Å². The summed E-state index contributed by atoms with van der Waals surface area (Å²) in [5.74, 6) is 2.64. The zero-order valence-electron chi connectivity index (χ0n) is 32.2. The van der Waals surface area contributed by atoms with Crippen molar-refractivity contribution in [1.82, 2.24) is 30.1 Å². The smallest absolute Gasteiger partial charge is 0.320 e. The van der Waals surface area contributed by atoms with E-state index in [2.05, 4.69) is 49.7 Å². The van der Waals surface area contributed by atoms with E-state index >= 15 is 0 Å². The fourth-order valence-electron chi connectivity index (χ4n) is 7.03. The Morgan fingerprint density at radius 1 is 1.04 bits per heavy atom. The fraction of sp³-hybridized carbons (Fsp3) is 0.463. The van der Waals surface area contributed by atoms with Crippen LogP contribution in [0.2, 0.25) is 0 Å². The van der Waals surface area contributed by atoms with Gasteiger partial charge in [-0.25, -0.2) is 9.79 Å². The monoisotopic (exact) mass is 721 g/mol. The standard InChI is InChI=1S/C41H55N9O3/c1-27-13-10-11-22-49(27)40-47-46-38-21-18-31(26-50(38)40)53-35-20-19-34(32-16-8-9-17-33(32)35)44-39(51)45-37(24-36(42)41(3,4)5)43-29-14-12-15-30(23-29)52-28(2)25-48(6)7/h8-9,12,14-18,21,23-24,26-28,34-35H,10-11,13,19-20,22,25,42H2,1-7H3,(H2,43,44,45,51)/t27-,28+,34-,35+/m0/s1. The molecule has 282 valence electrons. The van der Waals surface area contributed by atoms with Gasteiger partial charge < -0.3 is 30.3 Å². The van der Waals surface area contributed by atoms with E-state index in [4.69, 9.17) is 20.2 Å². The number of urea groups is 1. The average molecular weight is 722 g/mol. The number of likely N-dealkylation sites (N-methyl/N-ethyl adjacent to an activating group) is 1. The number of carbonyl (C=O) groups excluding carboxylic acids is 1. The lowest BCUT2D eigenvalue weighted by molar-refractivity contribution is 0.171. The van der Waals surface area contributed by atoms with Crippen LogP contribution in [0.1, 0.15) is 90.0 Å². The summed E-state index contributed by atoms with van der Waals surface area (Å²) < 4.78 is 14.8. The summed E-state index contributed by atoms with van der Waals surface area (Å²) in [5.41, 5.74) is 10.2. The number of aliphatic imine (C=N–C) groups is 1. The molecule has 0 radical (unpaired) electrons. The summed E-state index contributed by atoms with van der Waals surface area (Å²) in [5, 5.41) is 15.1. The molecule has 1 fully saturated rings. The van der Waals surface area contributed by atoms with Gasteiger partial charge in [-0.2, -0.15) is 0 Å². The van der Waals surface area contributed by atoms with Gasteiger partial charge in [0.25, 0.3) is 0 Å². The Morgan fingerprint density at radius 2 is 1.83 bits per heavy atom. The normalized spacial score (nSPS) is 20.2. The van der Waals surface area contributed by atoms with Gasteiger partial charge >= 0.3 is 6.03 Å². The van der Waals surface area contributed by atoms with Gasteiger partial charge in [-0.05, 0) is 95.4 Å². The number of ether oxygens (including phenoxy) is 2. The number of piperidine rings is 1. The van der Waals surface area contributed by atoms with E-state index in [1.54, 1.807) is 6.08 Å². The fourth-order valence-corrected chi connectivity index (χ4v) is 7.03. The number of anilines is 1. The number of nitrogens with one attached hydrogen (secondary N) is 2. The van der Waals surface area contributed by atoms with E-state index in [9.17, 15) is 4.79 Å². The maximum Gasteiger partial charge on any atom is 0.320 e. The molecule has 4 aromatic rings. The summed E-state index contributed by atoms with van der Waals surface area (Å²) in [6.45, 7) is 12.1. The van der Waals surface area contributed by atoms with Crippen LogP contribution >= 0.6 is 0 Å². The van der Waals surface area contributed by atoms with Crippen molar-refractivity contribution in [2.75, 3.05) is 32.1 Å². The summed E-state index contributed by atoms with van der Waals surface area (Å²) in [7, 11) is 4.03. The number of rotatable bonds is 10. The SMILES string of the molecule is C[C@H](CN(C)C)Oc1cccc(N=C(C=C(N)C(C)(C)C)NC(=O)N[C@H]2CC[C@@H](Oc3ccc4nnc(N5CCCC[C@@H]5C)n4c3)c3ccccc32)c1. The van der Waals surface area contributed by atoms with Crippen LogP contribution in [0.3, 0.4) is 0 Å². The lowest BCUT2D eigenvalue weighted by Gasteiger charge is -2.33. The molecule has 1 aliphatic carbocycles. The van der Waals surface area contributed by atoms with Crippen LogP contribution in [-0.4, -0.2) is 70.7 Å². The first-order valence-electron chi connectivity index (χ1n) is 18.8. The molecule has 0 bridgehead atoms. The van der Waals surface area contributed by atoms with Crippen LogP contribution in [0.5, 0.6) is 11.5 Å². The molecule has 2 aliphatic rings. The Morgan fingerprint density at radius 3 is 2.58 bits per heavy atom. The lowest BCUT2D eigenvalue weighted by atomic mass is 9.85. The minimum atomic E-state index is -0.370. The average Bonchev–Trinajstić information content (AvgIpc) is 3.52. The van der Waals surface area contributed by atoms with Gasteiger partial charge in [0.1, 0.15) is 29.5 Å². The molecule has 1 saturated heterocycles. The predicted octanol–water partition coefficient (Wildman–Crippen LogP) is 7.31. The highest BCUT2D eigenvalue weighted by Gasteiger charge is 2.30. The number of fused-ring (bicyclic) bond motifs is 2. The van der Waals surface area contributed by atoms with Crippen molar-refractivity contribution < 1.29 is 14.3 Å². The number of benzene rings is 2. The van der Waals surface area contributed by atoms with Crippen molar-refractivity contribution >= 4 is 29.1 Å². The molecular formula is C41H55N9O3. The van der Waals surface area contributed by atoms with Crippen LogP contribution < -0.4 is 30.7 Å². The summed E-state index contributed by atoms with van der Waals surface area (Å²) in [4.78, 5) is 22.9. The van der Waals surface area contributed by atoms with Gasteiger partial charge in [-0.1, -0.05) is 51.1 Å². The number of amides is 2. The minimum absolute atomic E-state index is 0.00804. The molecule has 2 aromatic carbocycles. The first kappa shape index (κ1) is 37.7. The number of amidine groups is 1. The van der Waals surface area contributed by atoms with Crippen molar-refractivity contribution in [3.63, 3.8) is 0 Å². The van der Waals surface area contributed by atoms with Crippen molar-refractivity contribution in [2.24, 2.45) is 16.1 Å². The number of hydrogen-bond acceptors (Lipinski definition) is 9. The van der Waals surface area contributed by atoms with E-state index in [1.807, 2.05) is 101 Å². The van der Waals surface area contributed by atoms with Crippen molar-refractivity contribution in [1.29, 1.82) is 0 Å². The molecule has 2 amide bonds. The van der Waals surface area contributed by atoms with Crippen molar-refractivity contribution in [2.45, 2.75) is 91.0 Å². The molecule has 2 aromatic heterocycles. The van der Waals surface area contributed by atoms with Gasteiger partial charge in [-0.15, -0.1) is 10.2 Å². The van der Waals surface area contributed by atoms with E-state index in [0.717, 1.165) is 60.8 Å². The molecule has 1 aliphatic heterocycles. The van der Waals surface area contributed by atoms with E-state index in [0.29, 0.717) is 35.4 Å². The van der Waals surface area contributed by atoms with Crippen molar-refractivity contribution in [3.05, 3.63) is 89.8 Å². The lowest BCUT2D eigenvalue weighted by Crippen LogP contribution is -2.42. The second kappa shape index (κ2) is 16.3. The number of nitrogens with zero attached hydrogens (tertiary/aromatic N) is 6. The van der Waals surface area contributed by atoms with Gasteiger partial charge in [0.05, 0.1) is 17.9 Å². The highest BCUT2D eigenvalue weighted by Crippen LogP contribution is 2.39. The van der Waals surface area contributed by atoms with Crippen LogP contribution in [0, 0.1) is 5.41 Å². The van der Waals surface area contributed by atoms with Gasteiger partial charge in [0.15, 0.2) is 5.65 Å². The van der Waals surface area contributed by atoms with E-state index < -0.39 is 0 Å². The number of carbonyl (C=O) groups is 1. The third-order valence-electron chi connectivity index (χ3n) is 9.86. The molecule has 0 unspecified atom stereocenters. The molecular weight excluding hydrogens is 667 g/mol. The molecule has 53 heavy (non-hydrogen) atoms. The zero-order valence-corrected chi connectivity index (χ0v) is 32.2. The second-order valence-corrected chi connectivity index (χ2v) is 15.6. The first-order chi connectivity index (χ1) is 25.3. The quantitative estimate of drug-likeness (QED) is 0.115. The Balaban J connectivity index is 1.18. The first-order valence-corrected chi connectivity index (χ1v) is 18.8. The predicted molar refractivity (Wildman–Crippen MR) is 211 cm³/mol. The molecule has 6 rings (SSSR count). The van der Waals surface area contributed by atoms with Gasteiger partial charge in [-0.3, -0.25) is 9.72 Å². The van der Waals surface area contributed by atoms with Crippen LogP contribution in [-0.2, 0) is 0 Å². The van der Waals surface area contributed by atoms with E-state index in [1.165, 1.54) is 6.42 Å². The molecule has 12 heteroatoms. The highest BCUT2D eigenvalue weighted by molar-refractivity contribution is 6.05. The van der Waals surface area contributed by atoms with Crippen LogP contribution in [0.25, 0.3) is 5.65 Å². The molecule has 4 N–H and O–H groups in total. The molecule has 12 nitrogen and oxygen atoms in total. The number of nitrogens with two attached hydrogens (primary N) is 1. The number of allylic oxidation sites excluding steroid dienone is 1. The largest absolute Gasteiger partial charge is 0.489 e. The maximum atomic E-state index is 13.7. The van der Waals surface area contributed by atoms with Crippen LogP contribution in [0.15, 0.2) is 83.6 Å². The third-order valence-corrected chi connectivity index (χ3v) is 9.86. The van der Waals surface area contributed by atoms with Gasteiger partial charge in [0, 0.05) is 42.4 Å². The van der Waals surface area contributed by atoms with Crippen LogP contribution in [0.4, 0.5) is 16.4 Å². The Hall–Kier alpha value is -5.10. The molecule has 0 spiro atoms. The molecule has 0 saturated carbocycles. The van der Waals surface area contributed by atoms with Gasteiger partial charge in [0.2, 0.25) is 5.95 Å². The minimum Gasteiger partial charge on any atom is -0.489 e. The highest BCUT2D eigenvalue weighted by atomic mass is 16.5. The topological polar surface area (TPSA) is 135 Å². The zero-order chi connectivity index (χ0) is 37.7. The molecule has 4 atom stereocenters. The second-order valence-electron chi connectivity index (χ2n) is 15.6. The number of pyridine rings is 1. The Bertz CT molecular complexity index is 1950. The number of hydrogen-bond donors (Lipinski definition) is 3. The summed E-state index contributed by atoms with van der Waals surface area (Å²) >= 11 is 0. The van der Waals surface area contributed by atoms with E-state index in [-0.39, 0.29) is 29.7 Å².